The second kappa shape index (κ2) is 6.01. The van der Waals surface area contributed by atoms with E-state index in [0.29, 0.717) is 22.7 Å². The van der Waals surface area contributed by atoms with Crippen molar-refractivity contribution in [2.24, 2.45) is 0 Å². The number of amides is 1. The van der Waals surface area contributed by atoms with Gasteiger partial charge in [-0.3, -0.25) is 14.9 Å². The summed E-state index contributed by atoms with van der Waals surface area (Å²) in [6, 6.07) is 9.66. The van der Waals surface area contributed by atoms with E-state index in [-0.39, 0.29) is 23.3 Å². The van der Waals surface area contributed by atoms with Gasteiger partial charge in [0, 0.05) is 13.1 Å². The highest BCUT2D eigenvalue weighted by molar-refractivity contribution is 6.30. The average Bonchev–Trinajstić information content (AvgIpc) is 2.62. The van der Waals surface area contributed by atoms with Crippen molar-refractivity contribution in [3.8, 4) is 0 Å². The Morgan fingerprint density at radius 1 is 1.29 bits per heavy atom. The van der Waals surface area contributed by atoms with E-state index in [4.69, 9.17) is 11.6 Å². The number of fused-ring (bicyclic) bond motifs is 1. The minimum Gasteiger partial charge on any atom is -0.308 e. The maximum Gasteiger partial charge on any atom is 0.292 e. The first-order valence-corrected chi connectivity index (χ1v) is 7.53. The van der Waals surface area contributed by atoms with Crippen LogP contribution in [0.15, 0.2) is 36.4 Å². The maximum absolute atomic E-state index is 12.3. The summed E-state index contributed by atoms with van der Waals surface area (Å²) in [5.41, 5.74) is 1.83. The Hall–Kier alpha value is -2.80. The molecule has 8 heteroatoms. The molecule has 0 aliphatic carbocycles. The number of benzene rings is 1. The van der Waals surface area contributed by atoms with Crippen LogP contribution in [0.5, 0.6) is 0 Å². The van der Waals surface area contributed by atoms with Crippen LogP contribution in [0.25, 0.3) is 0 Å². The Morgan fingerprint density at radius 3 is 2.71 bits per heavy atom. The van der Waals surface area contributed by atoms with E-state index < -0.39 is 4.92 Å². The molecule has 3 rings (SSSR count). The summed E-state index contributed by atoms with van der Waals surface area (Å²) in [4.78, 5) is 29.1. The van der Waals surface area contributed by atoms with E-state index in [0.717, 1.165) is 0 Å². The van der Waals surface area contributed by atoms with Crippen molar-refractivity contribution < 1.29 is 14.3 Å². The number of aromatic nitrogens is 1. The monoisotopic (exact) mass is 345 g/mol. The topological polar surface area (TPSA) is 79.3 Å². The summed E-state index contributed by atoms with van der Waals surface area (Å²) < 4.78 is 1.66. The Kier molecular flexibility index (Phi) is 4.02. The van der Waals surface area contributed by atoms with Gasteiger partial charge in [0.1, 0.15) is 17.8 Å². The summed E-state index contributed by atoms with van der Waals surface area (Å²) >= 11 is 6.04. The van der Waals surface area contributed by atoms with Gasteiger partial charge in [0.15, 0.2) is 5.69 Å². The first-order chi connectivity index (χ1) is 11.4. The second-order valence-corrected chi connectivity index (χ2v) is 5.82. The molecular weight excluding hydrogens is 332 g/mol. The summed E-state index contributed by atoms with van der Waals surface area (Å²) in [5.74, 6) is -0.142. The summed E-state index contributed by atoms with van der Waals surface area (Å²) in [6.07, 6.45) is 0. The number of para-hydroxylation sites is 1. The summed E-state index contributed by atoms with van der Waals surface area (Å²) in [5, 5.41) is 11.7. The normalized spacial score (nSPS) is 14.5. The highest BCUT2D eigenvalue weighted by Gasteiger charge is 2.35. The predicted molar refractivity (Wildman–Crippen MR) is 90.0 cm³/mol. The van der Waals surface area contributed by atoms with Gasteiger partial charge in [0.25, 0.3) is 11.6 Å². The number of anilines is 1. The number of hydrogen-bond donors (Lipinski definition) is 0. The molecule has 0 atom stereocenters. The van der Waals surface area contributed by atoms with Crippen LogP contribution in [-0.2, 0) is 4.79 Å². The van der Waals surface area contributed by atoms with Gasteiger partial charge in [0.05, 0.1) is 10.6 Å². The van der Waals surface area contributed by atoms with E-state index in [1.807, 2.05) is 0 Å². The molecule has 0 saturated carbocycles. The zero-order valence-electron chi connectivity index (χ0n) is 13.1. The van der Waals surface area contributed by atoms with Crippen LogP contribution in [0.4, 0.5) is 11.4 Å². The van der Waals surface area contributed by atoms with Gasteiger partial charge >= 0.3 is 0 Å². The number of rotatable bonds is 2. The fourth-order valence-electron chi connectivity index (χ4n) is 2.74. The van der Waals surface area contributed by atoms with Crippen LogP contribution in [0.1, 0.15) is 11.3 Å². The Morgan fingerprint density at radius 2 is 2.00 bits per heavy atom. The zero-order valence-corrected chi connectivity index (χ0v) is 13.8. The molecule has 0 fully saturated rings. The molecule has 0 saturated heterocycles. The van der Waals surface area contributed by atoms with Gasteiger partial charge in [-0.25, -0.2) is 9.56 Å². The lowest BCUT2D eigenvalue weighted by Crippen LogP contribution is -2.32. The molecule has 24 heavy (non-hydrogen) atoms. The van der Waals surface area contributed by atoms with Gasteiger partial charge in [-0.2, -0.15) is 0 Å². The lowest BCUT2D eigenvalue weighted by molar-refractivity contribution is -0.484. The van der Waals surface area contributed by atoms with Gasteiger partial charge in [-0.1, -0.05) is 23.7 Å². The largest absolute Gasteiger partial charge is 0.308 e. The van der Waals surface area contributed by atoms with Gasteiger partial charge in [0.2, 0.25) is 12.3 Å². The van der Waals surface area contributed by atoms with Crippen LogP contribution in [0, 0.1) is 10.1 Å². The molecule has 0 N–H and O–H groups in total. The number of nitrogens with zero attached hydrogens (tertiary/aromatic N) is 4. The Balaban J connectivity index is 2.36. The van der Waals surface area contributed by atoms with E-state index in [2.05, 4.69) is 4.98 Å². The molecule has 1 aliphatic heterocycles. The van der Waals surface area contributed by atoms with Crippen molar-refractivity contribution in [1.29, 1.82) is 0 Å². The molecule has 1 amide bonds. The van der Waals surface area contributed by atoms with Gasteiger partial charge in [-0.15, -0.1) is 0 Å². The standard InChI is InChI=1S/C16H14ClN4O3/c1-19-9-14(22)20(2)12-7-8-13(17)18-15(12)16(19)10-5-3-4-6-11(10)21(23)24/h3-8H,9H2,1-2H3/q+1. The number of likely N-dealkylation sites (N-methyl/N-ethyl adjacent to an activating group) is 2. The van der Waals surface area contributed by atoms with E-state index in [9.17, 15) is 14.9 Å². The van der Waals surface area contributed by atoms with Gasteiger partial charge < -0.3 is 4.90 Å². The van der Waals surface area contributed by atoms with Crippen LogP contribution in [-0.4, -0.2) is 46.7 Å². The third-order valence-corrected chi connectivity index (χ3v) is 4.12. The average molecular weight is 346 g/mol. The highest BCUT2D eigenvalue weighted by atomic mass is 35.5. The molecule has 2 aromatic rings. The highest BCUT2D eigenvalue weighted by Crippen LogP contribution is 2.29. The first kappa shape index (κ1) is 16.1. The van der Waals surface area contributed by atoms with Crippen molar-refractivity contribution in [1.82, 2.24) is 4.98 Å². The van der Waals surface area contributed by atoms with E-state index >= 15 is 0 Å². The number of carbonyl (C=O) groups excluding carboxylic acids is 1. The molecular formula is C16H14ClN4O3+. The van der Waals surface area contributed by atoms with Crippen molar-refractivity contribution in [3.05, 3.63) is 62.9 Å². The number of hydrogen-bond acceptors (Lipinski definition) is 4. The number of pyridine rings is 1. The van der Waals surface area contributed by atoms with Crippen molar-refractivity contribution in [2.75, 3.05) is 25.5 Å². The third kappa shape index (κ3) is 2.63. The first-order valence-electron chi connectivity index (χ1n) is 7.15. The molecule has 122 valence electrons. The van der Waals surface area contributed by atoms with Crippen LogP contribution in [0.2, 0.25) is 5.15 Å². The predicted octanol–water partition coefficient (Wildman–Crippen LogP) is 2.10. The molecule has 1 aromatic heterocycles. The van der Waals surface area contributed by atoms with Crippen LogP contribution in [0.3, 0.4) is 0 Å². The molecule has 2 heterocycles. The number of carbonyl (C=O) groups is 1. The fourth-order valence-corrected chi connectivity index (χ4v) is 2.89. The smallest absolute Gasteiger partial charge is 0.292 e. The number of halogens is 1. The van der Waals surface area contributed by atoms with Crippen molar-refractivity contribution in [3.63, 3.8) is 0 Å². The molecule has 0 unspecified atom stereocenters. The lowest BCUT2D eigenvalue weighted by atomic mass is 10.0. The molecule has 0 bridgehead atoms. The molecule has 7 nitrogen and oxygen atoms in total. The minimum absolute atomic E-state index is 0.0518. The zero-order chi connectivity index (χ0) is 17.4. The van der Waals surface area contributed by atoms with Gasteiger partial charge in [-0.05, 0) is 18.2 Å². The molecule has 0 radical (unpaired) electrons. The van der Waals surface area contributed by atoms with E-state index in [1.54, 1.807) is 49.0 Å². The third-order valence-electron chi connectivity index (χ3n) is 3.91. The van der Waals surface area contributed by atoms with Crippen molar-refractivity contribution in [2.45, 2.75) is 0 Å². The molecule has 0 spiro atoms. The number of nitro groups is 1. The Labute approximate surface area is 143 Å². The Bertz CT molecular complexity index is 895. The second-order valence-electron chi connectivity index (χ2n) is 5.43. The quantitative estimate of drug-likeness (QED) is 0.361. The molecule has 1 aliphatic rings. The van der Waals surface area contributed by atoms with E-state index in [1.165, 1.54) is 11.0 Å². The molecule has 1 aromatic carbocycles. The van der Waals surface area contributed by atoms with Crippen molar-refractivity contribution >= 4 is 34.6 Å². The number of nitro benzene ring substituents is 1. The lowest BCUT2D eigenvalue weighted by Gasteiger charge is -2.15. The SMILES string of the molecule is CN1C(=O)C[N+](C)=C(c2ccccc2[N+](=O)[O-])c2nc(Cl)ccc21. The summed E-state index contributed by atoms with van der Waals surface area (Å²) in [7, 11) is 3.35. The van der Waals surface area contributed by atoms with Crippen LogP contribution >= 0.6 is 11.6 Å². The minimum atomic E-state index is -0.448. The maximum atomic E-state index is 12.3. The fraction of sp³-hybridized carbons (Fsp3) is 0.188. The van der Waals surface area contributed by atoms with Crippen LogP contribution < -0.4 is 4.90 Å². The summed E-state index contributed by atoms with van der Waals surface area (Å²) in [6.45, 7) is 0.0753.